The number of unbranched alkanes of at least 4 members (excludes halogenated alkanes) is 5. The molecule has 0 saturated carbocycles. The van der Waals surface area contributed by atoms with E-state index in [9.17, 15) is 0 Å². The molecule has 0 aliphatic heterocycles. The molecule has 0 aliphatic rings. The summed E-state index contributed by atoms with van der Waals surface area (Å²) >= 11 is 0. The second-order valence-corrected chi connectivity index (χ2v) is 6.69. The maximum Gasteiger partial charge on any atom is 0.137 e. The second kappa shape index (κ2) is 12.1. The lowest BCUT2D eigenvalue weighted by molar-refractivity contribution is 0.304. The standard InChI is InChI=1S/C24H31NO/c1-3-5-7-9-19-26-24-18-17-23(25-20-24)16-15-22-13-11-21(12-14-22)10-8-6-4-2/h11-14,17-18,20H,3-10,19H2,1-2H3. The minimum atomic E-state index is 0.761. The SMILES string of the molecule is CCCCCCOc1ccc(C#Cc2ccc(CCCCC)cc2)nc1. The average Bonchev–Trinajstić information content (AvgIpc) is 2.68. The normalized spacial score (nSPS) is 10.2. The number of ether oxygens (including phenoxy) is 1. The van der Waals surface area contributed by atoms with Gasteiger partial charge in [-0.1, -0.05) is 64.0 Å². The Hall–Kier alpha value is -2.27. The topological polar surface area (TPSA) is 22.1 Å². The summed E-state index contributed by atoms with van der Waals surface area (Å²) < 4.78 is 5.71. The molecule has 138 valence electrons. The first-order chi connectivity index (χ1) is 12.8. The van der Waals surface area contributed by atoms with Crippen LogP contribution in [0.4, 0.5) is 0 Å². The molecule has 0 N–H and O–H groups in total. The molecule has 1 heterocycles. The molecule has 0 spiro atoms. The molecule has 2 nitrogen and oxygen atoms in total. The molecule has 2 rings (SSSR count). The Bertz CT molecular complexity index is 677. The van der Waals surface area contributed by atoms with Gasteiger partial charge in [0.2, 0.25) is 0 Å². The third kappa shape index (κ3) is 7.74. The molecule has 0 amide bonds. The van der Waals surface area contributed by atoms with Crippen molar-refractivity contribution in [3.8, 4) is 17.6 Å². The van der Waals surface area contributed by atoms with Gasteiger partial charge in [0.15, 0.2) is 0 Å². The minimum Gasteiger partial charge on any atom is -0.492 e. The monoisotopic (exact) mass is 349 g/mol. The third-order valence-electron chi connectivity index (χ3n) is 4.36. The molecule has 0 atom stereocenters. The van der Waals surface area contributed by atoms with Gasteiger partial charge in [-0.05, 0) is 55.0 Å². The third-order valence-corrected chi connectivity index (χ3v) is 4.36. The maximum atomic E-state index is 5.71. The van der Waals surface area contributed by atoms with Crippen molar-refractivity contribution in [2.45, 2.75) is 65.2 Å². The number of rotatable bonds is 10. The zero-order valence-corrected chi connectivity index (χ0v) is 16.3. The van der Waals surface area contributed by atoms with Crippen molar-refractivity contribution in [3.63, 3.8) is 0 Å². The summed E-state index contributed by atoms with van der Waals surface area (Å²) in [5.41, 5.74) is 3.19. The number of benzene rings is 1. The smallest absolute Gasteiger partial charge is 0.137 e. The average molecular weight is 350 g/mol. The van der Waals surface area contributed by atoms with Gasteiger partial charge < -0.3 is 4.74 Å². The number of aromatic nitrogens is 1. The van der Waals surface area contributed by atoms with Crippen LogP contribution < -0.4 is 4.74 Å². The Morgan fingerprint density at radius 1 is 0.808 bits per heavy atom. The van der Waals surface area contributed by atoms with Crippen LogP contribution in [0, 0.1) is 11.8 Å². The summed E-state index contributed by atoms with van der Waals surface area (Å²) in [5.74, 6) is 7.14. The molecular formula is C24H31NO. The van der Waals surface area contributed by atoms with E-state index in [0.717, 1.165) is 36.5 Å². The van der Waals surface area contributed by atoms with Crippen molar-refractivity contribution in [2.75, 3.05) is 6.61 Å². The van der Waals surface area contributed by atoms with Gasteiger partial charge in [0, 0.05) is 5.56 Å². The van der Waals surface area contributed by atoms with Crippen molar-refractivity contribution in [3.05, 3.63) is 59.4 Å². The van der Waals surface area contributed by atoms with Gasteiger partial charge in [-0.15, -0.1) is 0 Å². The van der Waals surface area contributed by atoms with Gasteiger partial charge in [0.05, 0.1) is 12.8 Å². The van der Waals surface area contributed by atoms with E-state index in [-0.39, 0.29) is 0 Å². The van der Waals surface area contributed by atoms with Crippen molar-refractivity contribution >= 4 is 0 Å². The van der Waals surface area contributed by atoms with Crippen LogP contribution in [0.1, 0.15) is 75.6 Å². The van der Waals surface area contributed by atoms with Crippen molar-refractivity contribution in [1.29, 1.82) is 0 Å². The fourth-order valence-corrected chi connectivity index (χ4v) is 2.73. The Labute approximate surface area is 159 Å². The number of hydrogen-bond acceptors (Lipinski definition) is 2. The molecule has 26 heavy (non-hydrogen) atoms. The van der Waals surface area contributed by atoms with Gasteiger partial charge in [0.1, 0.15) is 11.4 Å². The van der Waals surface area contributed by atoms with Crippen LogP contribution in [0.25, 0.3) is 0 Å². The predicted molar refractivity (Wildman–Crippen MR) is 110 cm³/mol. The van der Waals surface area contributed by atoms with E-state index < -0.39 is 0 Å². The minimum absolute atomic E-state index is 0.761. The summed E-state index contributed by atoms with van der Waals surface area (Å²) in [6, 6.07) is 12.4. The largest absolute Gasteiger partial charge is 0.492 e. The highest BCUT2D eigenvalue weighted by Gasteiger charge is 1.96. The highest BCUT2D eigenvalue weighted by Crippen LogP contribution is 2.11. The predicted octanol–water partition coefficient (Wildman–Crippen LogP) is 6.17. The lowest BCUT2D eigenvalue weighted by Gasteiger charge is -2.05. The summed E-state index contributed by atoms with van der Waals surface area (Å²) in [6.07, 6.45) is 11.6. The second-order valence-electron chi connectivity index (χ2n) is 6.69. The molecular weight excluding hydrogens is 318 g/mol. The molecule has 2 heteroatoms. The summed E-state index contributed by atoms with van der Waals surface area (Å²) in [7, 11) is 0. The van der Waals surface area contributed by atoms with E-state index in [0.29, 0.717) is 0 Å². The van der Waals surface area contributed by atoms with E-state index in [4.69, 9.17) is 4.74 Å². The van der Waals surface area contributed by atoms with Gasteiger partial charge in [-0.25, -0.2) is 4.98 Å². The highest BCUT2D eigenvalue weighted by atomic mass is 16.5. The van der Waals surface area contributed by atoms with Gasteiger partial charge in [0.25, 0.3) is 0 Å². The first kappa shape index (κ1) is 20.0. The Morgan fingerprint density at radius 3 is 2.27 bits per heavy atom. The fraction of sp³-hybridized carbons (Fsp3) is 0.458. The summed E-state index contributed by atoms with van der Waals surface area (Å²) in [6.45, 7) is 5.21. The molecule has 0 fully saturated rings. The number of hydrogen-bond donors (Lipinski definition) is 0. The van der Waals surface area contributed by atoms with E-state index in [1.165, 1.54) is 44.1 Å². The van der Waals surface area contributed by atoms with Crippen LogP contribution in [-0.4, -0.2) is 11.6 Å². The van der Waals surface area contributed by atoms with E-state index in [2.05, 4.69) is 54.9 Å². The van der Waals surface area contributed by atoms with Crippen LogP contribution in [0.15, 0.2) is 42.6 Å². The molecule has 1 aromatic heterocycles. The van der Waals surface area contributed by atoms with Gasteiger partial charge >= 0.3 is 0 Å². The molecule has 0 saturated heterocycles. The quantitative estimate of drug-likeness (QED) is 0.378. The number of aryl methyl sites for hydroxylation is 1. The van der Waals surface area contributed by atoms with Crippen molar-refractivity contribution < 1.29 is 4.74 Å². The van der Waals surface area contributed by atoms with Crippen LogP contribution in [-0.2, 0) is 6.42 Å². The Morgan fingerprint density at radius 2 is 1.58 bits per heavy atom. The van der Waals surface area contributed by atoms with Crippen LogP contribution in [0.2, 0.25) is 0 Å². The molecule has 0 bridgehead atoms. The van der Waals surface area contributed by atoms with E-state index in [1.54, 1.807) is 6.20 Å². The molecule has 2 aromatic rings. The maximum absolute atomic E-state index is 5.71. The van der Waals surface area contributed by atoms with Crippen molar-refractivity contribution in [1.82, 2.24) is 4.98 Å². The lowest BCUT2D eigenvalue weighted by Crippen LogP contribution is -1.97. The number of nitrogens with zero attached hydrogens (tertiary/aromatic N) is 1. The zero-order chi connectivity index (χ0) is 18.5. The van der Waals surface area contributed by atoms with Gasteiger partial charge in [-0.2, -0.15) is 0 Å². The fourth-order valence-electron chi connectivity index (χ4n) is 2.73. The summed E-state index contributed by atoms with van der Waals surface area (Å²) in [5, 5.41) is 0. The van der Waals surface area contributed by atoms with Crippen molar-refractivity contribution in [2.24, 2.45) is 0 Å². The zero-order valence-electron chi connectivity index (χ0n) is 16.3. The summed E-state index contributed by atoms with van der Waals surface area (Å²) in [4.78, 5) is 4.38. The lowest BCUT2D eigenvalue weighted by atomic mass is 10.1. The van der Waals surface area contributed by atoms with Crippen LogP contribution in [0.5, 0.6) is 5.75 Å². The Kier molecular flexibility index (Phi) is 9.36. The van der Waals surface area contributed by atoms with Crippen LogP contribution >= 0.6 is 0 Å². The first-order valence-corrected chi connectivity index (χ1v) is 10.0. The first-order valence-electron chi connectivity index (χ1n) is 10.0. The highest BCUT2D eigenvalue weighted by molar-refractivity contribution is 5.41. The molecule has 0 radical (unpaired) electrons. The van der Waals surface area contributed by atoms with E-state index in [1.807, 2.05) is 12.1 Å². The molecule has 0 aliphatic carbocycles. The Balaban J connectivity index is 1.81. The molecule has 0 unspecified atom stereocenters. The van der Waals surface area contributed by atoms with E-state index >= 15 is 0 Å². The number of pyridine rings is 1. The van der Waals surface area contributed by atoms with Crippen LogP contribution in [0.3, 0.4) is 0 Å². The molecule has 1 aromatic carbocycles. The van der Waals surface area contributed by atoms with Gasteiger partial charge in [-0.3, -0.25) is 0 Å².